The van der Waals surface area contributed by atoms with Gasteiger partial charge in [0.2, 0.25) is 5.82 Å². The highest BCUT2D eigenvalue weighted by atomic mass is 16.5. The van der Waals surface area contributed by atoms with Crippen molar-refractivity contribution in [3.63, 3.8) is 0 Å². The van der Waals surface area contributed by atoms with E-state index in [2.05, 4.69) is 32.3 Å². The number of aromatic nitrogens is 3. The van der Waals surface area contributed by atoms with Gasteiger partial charge in [0.15, 0.2) is 0 Å². The van der Waals surface area contributed by atoms with Crippen LogP contribution in [-0.2, 0) is 16.0 Å². The molecular formula is C26H25N5O5. The number of carbonyl (C=O) groups is 3. The lowest BCUT2D eigenvalue weighted by atomic mass is 9.94. The van der Waals surface area contributed by atoms with Crippen LogP contribution in [0.15, 0.2) is 48.5 Å². The SMILES string of the molecule is CN1C(=O)[C@@H](NC(=O)c2n[nH]c(Cc3ccccc3)n2)COc2ccc(C#CC(C)(C)C(=O)O)cc21. The number of nitrogens with one attached hydrogen (secondary N) is 2. The number of aromatic amines is 1. The average Bonchev–Trinajstić information content (AvgIpc) is 3.29. The summed E-state index contributed by atoms with van der Waals surface area (Å²) in [6.45, 7) is 2.94. The van der Waals surface area contributed by atoms with E-state index in [9.17, 15) is 19.5 Å². The van der Waals surface area contributed by atoms with Gasteiger partial charge in [-0.3, -0.25) is 19.5 Å². The van der Waals surface area contributed by atoms with Crippen molar-refractivity contribution in [1.82, 2.24) is 20.5 Å². The Bertz CT molecular complexity index is 1370. The Morgan fingerprint density at radius 3 is 2.72 bits per heavy atom. The summed E-state index contributed by atoms with van der Waals surface area (Å²) < 4.78 is 5.79. The smallest absolute Gasteiger partial charge is 0.321 e. The first-order valence-electron chi connectivity index (χ1n) is 11.2. The minimum absolute atomic E-state index is 0.0725. The number of aliphatic carboxylic acids is 1. The number of benzene rings is 2. The largest absolute Gasteiger partial charge is 0.489 e. The summed E-state index contributed by atoms with van der Waals surface area (Å²) in [5.74, 6) is 4.44. The maximum atomic E-state index is 13.1. The van der Waals surface area contributed by atoms with E-state index in [4.69, 9.17) is 4.74 Å². The van der Waals surface area contributed by atoms with Gasteiger partial charge >= 0.3 is 5.97 Å². The molecule has 10 heteroatoms. The predicted octanol–water partition coefficient (Wildman–Crippen LogP) is 2.01. The van der Waals surface area contributed by atoms with Gasteiger partial charge < -0.3 is 20.1 Å². The van der Waals surface area contributed by atoms with Crippen LogP contribution in [0.25, 0.3) is 0 Å². The molecule has 2 amide bonds. The van der Waals surface area contributed by atoms with E-state index >= 15 is 0 Å². The lowest BCUT2D eigenvalue weighted by Gasteiger charge is -2.20. The highest BCUT2D eigenvalue weighted by Gasteiger charge is 2.32. The number of anilines is 1. The Labute approximate surface area is 207 Å². The number of hydrogen-bond acceptors (Lipinski definition) is 6. The first kappa shape index (κ1) is 24.5. The summed E-state index contributed by atoms with van der Waals surface area (Å²) in [7, 11) is 1.57. The Balaban J connectivity index is 1.46. The third-order valence-electron chi connectivity index (χ3n) is 5.66. The molecule has 2 heterocycles. The first-order valence-corrected chi connectivity index (χ1v) is 11.2. The number of nitrogens with zero attached hydrogens (tertiary/aromatic N) is 3. The molecule has 10 nitrogen and oxygen atoms in total. The number of carbonyl (C=O) groups excluding carboxylic acids is 2. The van der Waals surface area contributed by atoms with Gasteiger partial charge in [0.05, 0.1) is 5.69 Å². The zero-order chi connectivity index (χ0) is 25.9. The number of amides is 2. The van der Waals surface area contributed by atoms with Gasteiger partial charge in [-0.15, -0.1) is 5.10 Å². The Morgan fingerprint density at radius 1 is 1.25 bits per heavy atom. The van der Waals surface area contributed by atoms with Gasteiger partial charge in [-0.05, 0) is 37.6 Å². The van der Waals surface area contributed by atoms with Crippen LogP contribution in [0.3, 0.4) is 0 Å². The van der Waals surface area contributed by atoms with Crippen molar-refractivity contribution in [3.05, 3.63) is 71.3 Å². The lowest BCUT2D eigenvalue weighted by molar-refractivity contribution is -0.143. The molecule has 0 spiro atoms. The van der Waals surface area contributed by atoms with E-state index in [1.54, 1.807) is 25.2 Å². The molecule has 4 rings (SSSR count). The van der Waals surface area contributed by atoms with Gasteiger partial charge in [-0.1, -0.05) is 42.2 Å². The summed E-state index contributed by atoms with van der Waals surface area (Å²) in [6.07, 6.45) is 0.486. The standard InChI is InChI=1S/C26H25N5O5/c1-26(2,25(34)35)12-11-17-9-10-20-19(13-17)31(3)24(33)18(15-36-20)27-23(32)22-28-21(29-30-22)14-16-7-5-4-6-8-16/h4-10,13,18H,14-15H2,1-3H3,(H,27,32)(H,34,35)(H,28,29,30)/t18-/m0/s1. The van der Waals surface area contributed by atoms with Gasteiger partial charge in [0.25, 0.3) is 11.8 Å². The van der Waals surface area contributed by atoms with Crippen molar-refractivity contribution in [1.29, 1.82) is 0 Å². The Kier molecular flexibility index (Phi) is 6.74. The van der Waals surface area contributed by atoms with Crippen LogP contribution in [-0.4, -0.2) is 57.8 Å². The van der Waals surface area contributed by atoms with Crippen molar-refractivity contribution >= 4 is 23.5 Å². The molecule has 1 aliphatic rings. The molecule has 36 heavy (non-hydrogen) atoms. The van der Waals surface area contributed by atoms with E-state index in [1.165, 1.54) is 18.7 Å². The lowest BCUT2D eigenvalue weighted by Crippen LogP contribution is -2.49. The Morgan fingerprint density at radius 2 is 2.00 bits per heavy atom. The van der Waals surface area contributed by atoms with Gasteiger partial charge in [0, 0.05) is 19.0 Å². The van der Waals surface area contributed by atoms with Crippen LogP contribution in [0.4, 0.5) is 5.69 Å². The van der Waals surface area contributed by atoms with Gasteiger partial charge in [-0.2, -0.15) is 0 Å². The molecule has 1 aromatic heterocycles. The molecule has 1 atom stereocenters. The zero-order valence-corrected chi connectivity index (χ0v) is 20.0. The molecular weight excluding hydrogens is 462 g/mol. The zero-order valence-electron chi connectivity index (χ0n) is 20.0. The van der Waals surface area contributed by atoms with Crippen LogP contribution in [0.1, 0.15) is 41.4 Å². The van der Waals surface area contributed by atoms with E-state index in [-0.39, 0.29) is 12.4 Å². The third kappa shape index (κ3) is 5.36. The van der Waals surface area contributed by atoms with E-state index in [0.29, 0.717) is 29.2 Å². The fourth-order valence-electron chi connectivity index (χ4n) is 3.45. The molecule has 1 aliphatic heterocycles. The van der Waals surface area contributed by atoms with Crippen LogP contribution in [0.5, 0.6) is 5.75 Å². The van der Waals surface area contributed by atoms with Crippen LogP contribution in [0.2, 0.25) is 0 Å². The maximum Gasteiger partial charge on any atom is 0.321 e. The summed E-state index contributed by atoms with van der Waals surface area (Å²) in [5, 5.41) is 18.6. The summed E-state index contributed by atoms with van der Waals surface area (Å²) in [4.78, 5) is 42.8. The van der Waals surface area contributed by atoms with E-state index in [0.717, 1.165) is 5.56 Å². The molecule has 0 unspecified atom stereocenters. The van der Waals surface area contributed by atoms with Crippen LogP contribution >= 0.6 is 0 Å². The number of ether oxygens (including phenoxy) is 1. The topological polar surface area (TPSA) is 138 Å². The minimum Gasteiger partial charge on any atom is -0.489 e. The summed E-state index contributed by atoms with van der Waals surface area (Å²) in [5.41, 5.74) is 0.782. The molecule has 0 aliphatic carbocycles. The molecule has 0 saturated heterocycles. The Hall–Kier alpha value is -4.65. The molecule has 3 aromatic rings. The van der Waals surface area contributed by atoms with Crippen molar-refractivity contribution in [3.8, 4) is 17.6 Å². The molecule has 0 radical (unpaired) electrons. The molecule has 3 N–H and O–H groups in total. The quantitative estimate of drug-likeness (QED) is 0.468. The van der Waals surface area contributed by atoms with Crippen molar-refractivity contribution in [2.24, 2.45) is 5.41 Å². The monoisotopic (exact) mass is 487 g/mol. The number of carboxylic acids is 1. The number of rotatable bonds is 5. The van der Waals surface area contributed by atoms with Gasteiger partial charge in [-0.25, -0.2) is 4.98 Å². The second-order valence-corrected chi connectivity index (χ2v) is 8.87. The molecule has 2 aromatic carbocycles. The second kappa shape index (κ2) is 9.92. The number of hydrogen-bond donors (Lipinski definition) is 3. The summed E-state index contributed by atoms with van der Waals surface area (Å²) >= 11 is 0. The first-order chi connectivity index (χ1) is 17.1. The van der Waals surface area contributed by atoms with Crippen LogP contribution in [0, 0.1) is 17.3 Å². The fourth-order valence-corrected chi connectivity index (χ4v) is 3.45. The van der Waals surface area contributed by atoms with E-state index < -0.39 is 29.2 Å². The fraction of sp³-hybridized carbons (Fsp3) is 0.269. The highest BCUT2D eigenvalue weighted by molar-refractivity contribution is 6.02. The van der Waals surface area contributed by atoms with Gasteiger partial charge in [0.1, 0.15) is 29.6 Å². The number of likely N-dealkylation sites (N-methyl/N-ethyl adjacent to an activating group) is 1. The predicted molar refractivity (Wildman–Crippen MR) is 131 cm³/mol. The van der Waals surface area contributed by atoms with Crippen molar-refractivity contribution < 1.29 is 24.2 Å². The van der Waals surface area contributed by atoms with Crippen LogP contribution < -0.4 is 15.0 Å². The number of carboxylic acid groups (broad SMARTS) is 1. The number of fused-ring (bicyclic) bond motifs is 1. The second-order valence-electron chi connectivity index (χ2n) is 8.87. The molecule has 184 valence electrons. The molecule has 0 bridgehead atoms. The van der Waals surface area contributed by atoms with Crippen molar-refractivity contribution in [2.75, 3.05) is 18.6 Å². The number of H-pyrrole nitrogens is 1. The van der Waals surface area contributed by atoms with E-state index in [1.807, 2.05) is 30.3 Å². The normalized spacial score (nSPS) is 15.1. The highest BCUT2D eigenvalue weighted by Crippen LogP contribution is 2.31. The third-order valence-corrected chi connectivity index (χ3v) is 5.66. The maximum absolute atomic E-state index is 13.1. The minimum atomic E-state index is -1.22. The molecule has 0 fully saturated rings. The average molecular weight is 488 g/mol. The van der Waals surface area contributed by atoms with Crippen molar-refractivity contribution in [2.45, 2.75) is 26.3 Å². The molecule has 0 saturated carbocycles. The summed E-state index contributed by atoms with van der Waals surface area (Å²) in [6, 6.07) is 13.7.